The third-order valence-corrected chi connectivity index (χ3v) is 3.65. The Morgan fingerprint density at radius 3 is 2.64 bits per heavy atom. The summed E-state index contributed by atoms with van der Waals surface area (Å²) in [6, 6.07) is 15.6. The predicted octanol–water partition coefficient (Wildman–Crippen LogP) is 4.01. The fraction of sp³-hybridized carbons (Fsp3) is 0.222. The van der Waals surface area contributed by atoms with Crippen molar-refractivity contribution in [2.45, 2.75) is 26.2 Å². The van der Waals surface area contributed by atoms with Gasteiger partial charge in [-0.3, -0.25) is 9.78 Å². The Bertz CT molecular complexity index is 822. The van der Waals surface area contributed by atoms with Crippen LogP contribution in [0.3, 0.4) is 0 Å². The van der Waals surface area contributed by atoms with E-state index >= 15 is 0 Å². The van der Waals surface area contributed by atoms with Crippen molar-refractivity contribution in [1.29, 1.82) is 0 Å². The molecule has 0 aliphatic rings. The topological polar surface area (TPSA) is 57.8 Å². The monoisotopic (exact) mass is 293 g/mol. The van der Waals surface area contributed by atoms with Crippen molar-refractivity contribution < 1.29 is 0 Å². The number of hydrogen-bond donors (Lipinski definition) is 2. The number of unbranched alkanes of at least 4 members (excludes halogenated alkanes) is 1. The van der Waals surface area contributed by atoms with Gasteiger partial charge in [0.2, 0.25) is 5.95 Å². The number of anilines is 2. The van der Waals surface area contributed by atoms with E-state index in [2.05, 4.69) is 34.3 Å². The van der Waals surface area contributed by atoms with Gasteiger partial charge in [0.05, 0.1) is 10.9 Å². The lowest BCUT2D eigenvalue weighted by molar-refractivity contribution is 0.795. The number of H-pyrrole nitrogens is 1. The molecule has 2 N–H and O–H groups in total. The highest BCUT2D eigenvalue weighted by molar-refractivity contribution is 5.78. The molecule has 2 aromatic carbocycles. The van der Waals surface area contributed by atoms with Gasteiger partial charge in [0, 0.05) is 5.69 Å². The van der Waals surface area contributed by atoms with E-state index in [9.17, 15) is 4.79 Å². The number of nitrogens with zero attached hydrogens (tertiary/aromatic N) is 1. The fourth-order valence-electron chi connectivity index (χ4n) is 2.42. The summed E-state index contributed by atoms with van der Waals surface area (Å²) in [5.74, 6) is 0.463. The lowest BCUT2D eigenvalue weighted by atomic mass is 10.1. The van der Waals surface area contributed by atoms with E-state index in [-0.39, 0.29) is 5.56 Å². The second-order valence-electron chi connectivity index (χ2n) is 5.36. The summed E-state index contributed by atoms with van der Waals surface area (Å²) in [6.07, 6.45) is 3.50. The molecule has 1 aromatic heterocycles. The Morgan fingerprint density at radius 2 is 1.86 bits per heavy atom. The molecular formula is C18H19N3O. The second kappa shape index (κ2) is 6.43. The number of hydrogen-bond acceptors (Lipinski definition) is 3. The number of aromatic nitrogens is 2. The standard InChI is InChI=1S/C18H19N3O/c1-2-3-6-13-9-11-14(12-10-13)19-18-20-16-8-5-4-7-15(16)17(22)21-18/h4-5,7-12H,2-3,6H2,1H3,(H2,19,20,21,22). The van der Waals surface area contributed by atoms with Gasteiger partial charge in [-0.25, -0.2) is 4.98 Å². The van der Waals surface area contributed by atoms with Crippen molar-refractivity contribution in [3.05, 3.63) is 64.4 Å². The number of para-hydroxylation sites is 1. The van der Waals surface area contributed by atoms with E-state index in [1.807, 2.05) is 30.3 Å². The van der Waals surface area contributed by atoms with Gasteiger partial charge in [0.25, 0.3) is 5.56 Å². The molecule has 0 amide bonds. The largest absolute Gasteiger partial charge is 0.326 e. The Kier molecular flexibility index (Phi) is 4.19. The van der Waals surface area contributed by atoms with Crippen LogP contribution >= 0.6 is 0 Å². The van der Waals surface area contributed by atoms with E-state index in [0.29, 0.717) is 16.9 Å². The molecule has 0 radical (unpaired) electrons. The third-order valence-electron chi connectivity index (χ3n) is 3.65. The first-order chi connectivity index (χ1) is 10.8. The molecule has 0 fully saturated rings. The van der Waals surface area contributed by atoms with E-state index in [1.165, 1.54) is 18.4 Å². The van der Waals surface area contributed by atoms with Gasteiger partial charge in [-0.1, -0.05) is 37.6 Å². The molecule has 3 aromatic rings. The van der Waals surface area contributed by atoms with Crippen molar-refractivity contribution >= 4 is 22.5 Å². The molecule has 0 aliphatic heterocycles. The van der Waals surface area contributed by atoms with Crippen molar-refractivity contribution in [1.82, 2.24) is 9.97 Å². The van der Waals surface area contributed by atoms with E-state index in [4.69, 9.17) is 0 Å². The van der Waals surface area contributed by atoms with Crippen LogP contribution in [0.2, 0.25) is 0 Å². The van der Waals surface area contributed by atoms with Gasteiger partial charge >= 0.3 is 0 Å². The summed E-state index contributed by atoms with van der Waals surface area (Å²) in [4.78, 5) is 19.2. The van der Waals surface area contributed by atoms with Crippen LogP contribution in [0.4, 0.5) is 11.6 Å². The quantitative estimate of drug-likeness (QED) is 0.747. The smallest absolute Gasteiger partial charge is 0.260 e. The molecule has 0 spiro atoms. The average Bonchev–Trinajstić information content (AvgIpc) is 2.54. The number of benzene rings is 2. The van der Waals surface area contributed by atoms with Crippen molar-refractivity contribution in [2.24, 2.45) is 0 Å². The van der Waals surface area contributed by atoms with Gasteiger partial charge in [-0.2, -0.15) is 0 Å². The van der Waals surface area contributed by atoms with Crippen LogP contribution in [0.15, 0.2) is 53.3 Å². The number of nitrogens with one attached hydrogen (secondary N) is 2. The Morgan fingerprint density at radius 1 is 1.09 bits per heavy atom. The first kappa shape index (κ1) is 14.3. The molecule has 4 heteroatoms. The molecule has 112 valence electrons. The highest BCUT2D eigenvalue weighted by Crippen LogP contribution is 2.16. The zero-order chi connectivity index (χ0) is 15.4. The zero-order valence-corrected chi connectivity index (χ0v) is 12.6. The minimum atomic E-state index is -0.132. The van der Waals surface area contributed by atoms with Gasteiger partial charge in [0.15, 0.2) is 0 Å². The number of aromatic amines is 1. The minimum absolute atomic E-state index is 0.132. The minimum Gasteiger partial charge on any atom is -0.326 e. The highest BCUT2D eigenvalue weighted by atomic mass is 16.1. The molecule has 0 unspecified atom stereocenters. The second-order valence-corrected chi connectivity index (χ2v) is 5.36. The number of aryl methyl sites for hydroxylation is 1. The summed E-state index contributed by atoms with van der Waals surface area (Å²) in [5.41, 5.74) is 2.80. The molecule has 22 heavy (non-hydrogen) atoms. The Labute approximate surface area is 129 Å². The molecule has 0 saturated carbocycles. The Hall–Kier alpha value is -2.62. The molecule has 0 bridgehead atoms. The average molecular weight is 293 g/mol. The van der Waals surface area contributed by atoms with Gasteiger partial charge in [0.1, 0.15) is 0 Å². The summed E-state index contributed by atoms with van der Waals surface area (Å²) in [5, 5.41) is 3.75. The summed E-state index contributed by atoms with van der Waals surface area (Å²) in [6.45, 7) is 2.19. The van der Waals surface area contributed by atoms with Crippen molar-refractivity contribution in [2.75, 3.05) is 5.32 Å². The molecule has 0 saturated heterocycles. The van der Waals surface area contributed by atoms with E-state index in [1.54, 1.807) is 6.07 Å². The molecular weight excluding hydrogens is 274 g/mol. The highest BCUT2D eigenvalue weighted by Gasteiger charge is 2.03. The molecule has 4 nitrogen and oxygen atoms in total. The summed E-state index contributed by atoms with van der Waals surface area (Å²) >= 11 is 0. The lowest BCUT2D eigenvalue weighted by Crippen LogP contribution is -2.11. The van der Waals surface area contributed by atoms with Crippen molar-refractivity contribution in [3.8, 4) is 0 Å². The van der Waals surface area contributed by atoms with Crippen LogP contribution in [-0.2, 0) is 6.42 Å². The number of fused-ring (bicyclic) bond motifs is 1. The molecule has 3 rings (SSSR count). The van der Waals surface area contributed by atoms with Gasteiger partial charge < -0.3 is 5.32 Å². The molecule has 0 aliphatic carbocycles. The maximum Gasteiger partial charge on any atom is 0.260 e. The summed E-state index contributed by atoms with van der Waals surface area (Å²) in [7, 11) is 0. The first-order valence-corrected chi connectivity index (χ1v) is 7.61. The molecule has 1 heterocycles. The lowest BCUT2D eigenvalue weighted by Gasteiger charge is -2.07. The van der Waals surface area contributed by atoms with Gasteiger partial charge in [-0.15, -0.1) is 0 Å². The fourth-order valence-corrected chi connectivity index (χ4v) is 2.42. The summed E-state index contributed by atoms with van der Waals surface area (Å²) < 4.78 is 0. The maximum absolute atomic E-state index is 12.0. The maximum atomic E-state index is 12.0. The van der Waals surface area contributed by atoms with Crippen LogP contribution in [0.1, 0.15) is 25.3 Å². The first-order valence-electron chi connectivity index (χ1n) is 7.61. The normalized spacial score (nSPS) is 10.8. The van der Waals surface area contributed by atoms with Crippen LogP contribution in [0.25, 0.3) is 10.9 Å². The number of rotatable bonds is 5. The van der Waals surface area contributed by atoms with Crippen molar-refractivity contribution in [3.63, 3.8) is 0 Å². The zero-order valence-electron chi connectivity index (χ0n) is 12.6. The molecule has 0 atom stereocenters. The third kappa shape index (κ3) is 3.17. The predicted molar refractivity (Wildman–Crippen MR) is 90.7 cm³/mol. The van der Waals surface area contributed by atoms with Crippen LogP contribution < -0.4 is 10.9 Å². The SMILES string of the molecule is CCCCc1ccc(Nc2nc3ccccc3c(=O)[nH]2)cc1. The van der Waals surface area contributed by atoms with Gasteiger partial charge in [-0.05, 0) is 42.7 Å². The van der Waals surface area contributed by atoms with Crippen LogP contribution in [0.5, 0.6) is 0 Å². The van der Waals surface area contributed by atoms with Crippen LogP contribution in [0, 0.1) is 0 Å². The Balaban J connectivity index is 1.82. The van der Waals surface area contributed by atoms with E-state index < -0.39 is 0 Å². The van der Waals surface area contributed by atoms with E-state index in [0.717, 1.165) is 12.1 Å². The van der Waals surface area contributed by atoms with Crippen LogP contribution in [-0.4, -0.2) is 9.97 Å².